The Morgan fingerprint density at radius 3 is 2.37 bits per heavy atom. The highest BCUT2D eigenvalue weighted by Crippen LogP contribution is 2.36. The molecule has 0 saturated carbocycles. The van der Waals surface area contributed by atoms with Crippen molar-refractivity contribution >= 4 is 11.8 Å². The molecular formula is C24H29NO4S. The molecule has 1 fully saturated rings. The number of nitrogens with zero attached hydrogens (tertiary/aromatic N) is 1. The van der Waals surface area contributed by atoms with Gasteiger partial charge in [0.25, 0.3) is 0 Å². The van der Waals surface area contributed by atoms with E-state index in [2.05, 4.69) is 37.3 Å². The van der Waals surface area contributed by atoms with Crippen LogP contribution in [0.4, 0.5) is 0 Å². The van der Waals surface area contributed by atoms with Crippen LogP contribution in [0, 0.1) is 18.3 Å². The molecule has 0 radical (unpaired) electrons. The molecule has 0 amide bonds. The van der Waals surface area contributed by atoms with Crippen molar-refractivity contribution in [2.75, 3.05) is 6.26 Å². The molecule has 0 unspecified atom stereocenters. The van der Waals surface area contributed by atoms with E-state index >= 15 is 0 Å². The van der Waals surface area contributed by atoms with Gasteiger partial charge in [0.2, 0.25) is 0 Å². The minimum absolute atomic E-state index is 0.575. The average molecular weight is 428 g/mol. The van der Waals surface area contributed by atoms with Crippen LogP contribution >= 0.6 is 11.8 Å². The molecule has 1 heterocycles. The quantitative estimate of drug-likeness (QED) is 0.587. The van der Waals surface area contributed by atoms with Gasteiger partial charge < -0.3 is 20.1 Å². The van der Waals surface area contributed by atoms with Gasteiger partial charge in [-0.15, -0.1) is 11.8 Å². The molecule has 5 nitrogen and oxygen atoms in total. The smallest absolute Gasteiger partial charge is 0.132 e. The first kappa shape index (κ1) is 22.8. The van der Waals surface area contributed by atoms with Gasteiger partial charge in [0.15, 0.2) is 0 Å². The van der Waals surface area contributed by atoms with E-state index in [9.17, 15) is 15.3 Å². The van der Waals surface area contributed by atoms with E-state index < -0.39 is 29.9 Å². The van der Waals surface area contributed by atoms with Crippen molar-refractivity contribution in [3.8, 4) is 6.07 Å². The number of rotatable bonds is 7. The second kappa shape index (κ2) is 10.4. The molecule has 2 aromatic carbocycles. The molecule has 30 heavy (non-hydrogen) atoms. The van der Waals surface area contributed by atoms with Crippen LogP contribution in [0.15, 0.2) is 42.5 Å². The SMILES string of the molecule is CS[C@H]1O[C@@H](c2ccc(C)c(Cc3ccc(CCCC#N)cc3)c2)[C@H](O)[C@@H](O)[C@@H]1O. The van der Waals surface area contributed by atoms with Crippen molar-refractivity contribution in [1.82, 2.24) is 0 Å². The Labute approximate surface area is 182 Å². The summed E-state index contributed by atoms with van der Waals surface area (Å²) in [6, 6.07) is 16.6. The zero-order valence-electron chi connectivity index (χ0n) is 17.4. The number of hydrogen-bond donors (Lipinski definition) is 3. The normalized spacial score (nSPS) is 26.3. The zero-order chi connectivity index (χ0) is 21.7. The van der Waals surface area contributed by atoms with Gasteiger partial charge in [0, 0.05) is 6.42 Å². The van der Waals surface area contributed by atoms with Crippen molar-refractivity contribution < 1.29 is 20.1 Å². The third-order valence-corrected chi connectivity index (χ3v) is 6.53. The van der Waals surface area contributed by atoms with Crippen LogP contribution in [-0.2, 0) is 17.6 Å². The maximum absolute atomic E-state index is 10.5. The summed E-state index contributed by atoms with van der Waals surface area (Å²) in [5, 5.41) is 39.5. The molecule has 1 saturated heterocycles. The lowest BCUT2D eigenvalue weighted by Crippen LogP contribution is -2.52. The molecule has 3 N–H and O–H groups in total. The fourth-order valence-corrected chi connectivity index (χ4v) is 4.46. The van der Waals surface area contributed by atoms with Crippen LogP contribution in [0.3, 0.4) is 0 Å². The fourth-order valence-electron chi connectivity index (χ4n) is 3.79. The Balaban J connectivity index is 1.76. The van der Waals surface area contributed by atoms with E-state index in [0.29, 0.717) is 6.42 Å². The molecular weight excluding hydrogens is 398 g/mol. The predicted molar refractivity (Wildman–Crippen MR) is 118 cm³/mol. The summed E-state index contributed by atoms with van der Waals surface area (Å²) in [5.41, 5.74) is 4.88. The molecule has 1 aliphatic rings. The molecule has 1 aliphatic heterocycles. The number of thioether (sulfide) groups is 1. The third kappa shape index (κ3) is 5.23. The number of aliphatic hydroxyl groups excluding tert-OH is 3. The van der Waals surface area contributed by atoms with Gasteiger partial charge in [0.1, 0.15) is 29.9 Å². The van der Waals surface area contributed by atoms with Crippen molar-refractivity contribution in [2.45, 2.75) is 62.5 Å². The van der Waals surface area contributed by atoms with E-state index in [1.807, 2.05) is 18.2 Å². The maximum atomic E-state index is 10.5. The number of unbranched alkanes of at least 4 members (excludes halogenated alkanes) is 1. The predicted octanol–water partition coefficient (Wildman–Crippen LogP) is 3.28. The highest BCUT2D eigenvalue weighted by molar-refractivity contribution is 7.99. The Hall–Kier alpha value is -1.88. The highest BCUT2D eigenvalue weighted by atomic mass is 32.2. The van der Waals surface area contributed by atoms with Crippen LogP contribution in [0.25, 0.3) is 0 Å². The number of nitriles is 1. The van der Waals surface area contributed by atoms with E-state index in [4.69, 9.17) is 10.00 Å². The molecule has 2 aromatic rings. The van der Waals surface area contributed by atoms with Crippen LogP contribution in [0.2, 0.25) is 0 Å². The van der Waals surface area contributed by atoms with Gasteiger partial charge in [-0.1, -0.05) is 42.5 Å². The summed E-state index contributed by atoms with van der Waals surface area (Å²) in [6.45, 7) is 2.05. The summed E-state index contributed by atoms with van der Waals surface area (Å²) in [6.07, 6.45) is 0.656. The minimum atomic E-state index is -1.25. The fraction of sp³-hybridized carbons (Fsp3) is 0.458. The first-order valence-electron chi connectivity index (χ1n) is 10.2. The molecule has 3 rings (SSSR count). The van der Waals surface area contributed by atoms with Gasteiger partial charge in [0.05, 0.1) is 6.07 Å². The average Bonchev–Trinajstić information content (AvgIpc) is 2.75. The number of aliphatic hydroxyl groups is 3. The second-order valence-corrected chi connectivity index (χ2v) is 8.76. The molecule has 0 bridgehead atoms. The first-order chi connectivity index (χ1) is 14.4. The minimum Gasteiger partial charge on any atom is -0.387 e. The largest absolute Gasteiger partial charge is 0.387 e. The topological polar surface area (TPSA) is 93.7 Å². The van der Waals surface area contributed by atoms with E-state index in [1.54, 1.807) is 6.26 Å². The molecule has 0 spiro atoms. The molecule has 5 atom stereocenters. The summed E-state index contributed by atoms with van der Waals surface area (Å²) in [7, 11) is 0. The van der Waals surface area contributed by atoms with Crippen molar-refractivity contribution in [3.63, 3.8) is 0 Å². The number of hydrogen-bond acceptors (Lipinski definition) is 6. The Bertz CT molecular complexity index is 878. The molecule has 0 aliphatic carbocycles. The zero-order valence-corrected chi connectivity index (χ0v) is 18.2. The van der Waals surface area contributed by atoms with Gasteiger partial charge in [-0.2, -0.15) is 5.26 Å². The van der Waals surface area contributed by atoms with E-state index in [-0.39, 0.29) is 0 Å². The summed E-state index contributed by atoms with van der Waals surface area (Å²) in [5.74, 6) is 0. The molecule has 160 valence electrons. The number of ether oxygens (including phenoxy) is 1. The van der Waals surface area contributed by atoms with Crippen LogP contribution < -0.4 is 0 Å². The van der Waals surface area contributed by atoms with Crippen molar-refractivity contribution in [2.24, 2.45) is 0 Å². The Morgan fingerprint density at radius 2 is 1.70 bits per heavy atom. The lowest BCUT2D eigenvalue weighted by Gasteiger charge is -2.40. The maximum Gasteiger partial charge on any atom is 0.132 e. The van der Waals surface area contributed by atoms with Gasteiger partial charge in [-0.25, -0.2) is 0 Å². The van der Waals surface area contributed by atoms with Crippen molar-refractivity contribution in [3.05, 3.63) is 70.3 Å². The van der Waals surface area contributed by atoms with Crippen molar-refractivity contribution in [1.29, 1.82) is 5.26 Å². The Kier molecular flexibility index (Phi) is 7.93. The molecule has 0 aromatic heterocycles. The summed E-state index contributed by atoms with van der Waals surface area (Å²) in [4.78, 5) is 0. The number of aryl methyl sites for hydroxylation is 2. The van der Waals surface area contributed by atoms with Crippen LogP contribution in [-0.4, -0.2) is 45.3 Å². The van der Waals surface area contributed by atoms with Crippen LogP contribution in [0.5, 0.6) is 0 Å². The lowest BCUT2D eigenvalue weighted by molar-refractivity contribution is -0.200. The third-order valence-electron chi connectivity index (χ3n) is 5.68. The highest BCUT2D eigenvalue weighted by Gasteiger charge is 2.44. The summed E-state index contributed by atoms with van der Waals surface area (Å²) >= 11 is 1.32. The van der Waals surface area contributed by atoms with Gasteiger partial charge >= 0.3 is 0 Å². The standard InChI is InChI=1S/C24H29NO4S/c1-15-6-11-18(23-21(27)20(26)22(28)24(29-23)30-2)14-19(15)13-17-9-7-16(8-10-17)5-3-4-12-25/h6-11,14,20-24,26-28H,3-5,13H2,1-2H3/t20-,21-,22+,23+,24-/m1/s1. The second-order valence-electron chi connectivity index (χ2n) is 7.82. The van der Waals surface area contributed by atoms with Crippen LogP contribution in [0.1, 0.15) is 46.8 Å². The molecule has 6 heteroatoms. The Morgan fingerprint density at radius 1 is 1.00 bits per heavy atom. The lowest BCUT2D eigenvalue weighted by atomic mass is 9.91. The first-order valence-corrected chi connectivity index (χ1v) is 11.5. The summed E-state index contributed by atoms with van der Waals surface area (Å²) < 4.78 is 5.90. The van der Waals surface area contributed by atoms with Gasteiger partial charge in [-0.05, 0) is 60.3 Å². The van der Waals surface area contributed by atoms with E-state index in [1.165, 1.54) is 22.9 Å². The van der Waals surface area contributed by atoms with E-state index in [0.717, 1.165) is 36.0 Å². The van der Waals surface area contributed by atoms with Gasteiger partial charge in [-0.3, -0.25) is 0 Å². The number of benzene rings is 2. The monoisotopic (exact) mass is 427 g/mol.